The Kier molecular flexibility index (Phi) is 6.29. The van der Waals surface area contributed by atoms with E-state index in [9.17, 15) is 0 Å². The van der Waals surface area contributed by atoms with Crippen LogP contribution >= 0.6 is 0 Å². The summed E-state index contributed by atoms with van der Waals surface area (Å²) in [6, 6.07) is 2.58. The van der Waals surface area contributed by atoms with Gasteiger partial charge in [-0.3, -0.25) is 0 Å². The van der Waals surface area contributed by atoms with E-state index in [1.165, 1.54) is 11.1 Å². The number of pyridine rings is 1. The van der Waals surface area contributed by atoms with Crippen molar-refractivity contribution in [1.82, 2.24) is 10.3 Å². The van der Waals surface area contributed by atoms with Gasteiger partial charge in [-0.15, -0.1) is 0 Å². The van der Waals surface area contributed by atoms with Gasteiger partial charge in [0.1, 0.15) is 0 Å². The molecule has 0 fully saturated rings. The number of hydrogen-bond acceptors (Lipinski definition) is 3. The molecule has 0 unspecified atom stereocenters. The minimum Gasteiger partial charge on any atom is -0.477 e. The highest BCUT2D eigenvalue weighted by Gasteiger charge is 2.11. The number of aryl methyl sites for hydroxylation is 2. The molecule has 0 spiro atoms. The van der Waals surface area contributed by atoms with Gasteiger partial charge in [-0.05, 0) is 37.8 Å². The van der Waals surface area contributed by atoms with E-state index in [4.69, 9.17) is 4.74 Å². The molecule has 1 aromatic heterocycles. The van der Waals surface area contributed by atoms with Crippen LogP contribution in [0.1, 0.15) is 50.9 Å². The average Bonchev–Trinajstić information content (AvgIpc) is 2.26. The highest BCUT2D eigenvalue weighted by Crippen LogP contribution is 2.21. The molecule has 1 N–H and O–H groups in total. The van der Waals surface area contributed by atoms with Crippen LogP contribution in [0.3, 0.4) is 0 Å². The summed E-state index contributed by atoms with van der Waals surface area (Å²) in [7, 11) is 0. The number of ether oxygens (including phenoxy) is 1. The number of hydrogen-bond donors (Lipinski definition) is 1. The molecule has 0 bridgehead atoms. The minimum atomic E-state index is 0.462. The molecule has 3 nitrogen and oxygen atoms in total. The zero-order valence-corrected chi connectivity index (χ0v) is 13.2. The van der Waals surface area contributed by atoms with Crippen molar-refractivity contribution < 1.29 is 4.74 Å². The molecule has 0 aromatic carbocycles. The van der Waals surface area contributed by atoms with Crippen LogP contribution in [-0.4, -0.2) is 17.6 Å². The molecule has 0 amide bonds. The zero-order chi connectivity index (χ0) is 14.4. The first kappa shape index (κ1) is 16.0. The standard InChI is InChI=1S/C16H28N2O/c1-11(2)7-8-19-16-15(10-17-12(3)4)13(5)9-14(6)18-16/h9,11-12,17H,7-8,10H2,1-6H3. The third-order valence-electron chi connectivity index (χ3n) is 3.06. The van der Waals surface area contributed by atoms with E-state index >= 15 is 0 Å². The Morgan fingerprint density at radius 3 is 2.47 bits per heavy atom. The van der Waals surface area contributed by atoms with Crippen molar-refractivity contribution in [1.29, 1.82) is 0 Å². The third kappa shape index (κ3) is 5.60. The Morgan fingerprint density at radius 1 is 1.21 bits per heavy atom. The molecular formula is C16H28N2O. The molecule has 0 saturated heterocycles. The number of aromatic nitrogens is 1. The fraction of sp³-hybridized carbons (Fsp3) is 0.688. The van der Waals surface area contributed by atoms with E-state index in [-0.39, 0.29) is 0 Å². The fourth-order valence-corrected chi connectivity index (χ4v) is 1.86. The van der Waals surface area contributed by atoms with Crippen molar-refractivity contribution >= 4 is 0 Å². The molecular weight excluding hydrogens is 236 g/mol. The van der Waals surface area contributed by atoms with Crippen molar-refractivity contribution in [3.05, 3.63) is 22.9 Å². The van der Waals surface area contributed by atoms with E-state index in [1.54, 1.807) is 0 Å². The van der Waals surface area contributed by atoms with Gasteiger partial charge in [0.15, 0.2) is 0 Å². The van der Waals surface area contributed by atoms with Crippen molar-refractivity contribution in [3.8, 4) is 5.88 Å². The first-order valence-electron chi connectivity index (χ1n) is 7.23. The molecule has 1 aromatic rings. The van der Waals surface area contributed by atoms with Crippen LogP contribution in [0.15, 0.2) is 6.07 Å². The molecule has 0 aliphatic heterocycles. The van der Waals surface area contributed by atoms with Crippen molar-refractivity contribution in [3.63, 3.8) is 0 Å². The molecule has 108 valence electrons. The quantitative estimate of drug-likeness (QED) is 0.816. The molecule has 3 heteroatoms. The second kappa shape index (κ2) is 7.49. The molecule has 1 rings (SSSR count). The zero-order valence-electron chi connectivity index (χ0n) is 13.2. The molecule has 0 aliphatic rings. The van der Waals surface area contributed by atoms with Crippen molar-refractivity contribution in [2.24, 2.45) is 5.92 Å². The van der Waals surface area contributed by atoms with E-state index in [2.05, 4.69) is 51.0 Å². The van der Waals surface area contributed by atoms with Gasteiger partial charge < -0.3 is 10.1 Å². The monoisotopic (exact) mass is 264 g/mol. The smallest absolute Gasteiger partial charge is 0.218 e. The summed E-state index contributed by atoms with van der Waals surface area (Å²) in [6.45, 7) is 14.4. The van der Waals surface area contributed by atoms with E-state index in [0.29, 0.717) is 12.0 Å². The molecule has 0 atom stereocenters. The van der Waals surface area contributed by atoms with Crippen LogP contribution in [0.2, 0.25) is 0 Å². The molecule has 0 radical (unpaired) electrons. The lowest BCUT2D eigenvalue weighted by Gasteiger charge is -2.16. The Balaban J connectivity index is 2.80. The summed E-state index contributed by atoms with van der Waals surface area (Å²) in [5.41, 5.74) is 3.45. The second-order valence-electron chi connectivity index (χ2n) is 5.93. The van der Waals surface area contributed by atoms with Gasteiger partial charge in [-0.1, -0.05) is 27.7 Å². The molecule has 0 aliphatic carbocycles. The lowest BCUT2D eigenvalue weighted by molar-refractivity contribution is 0.275. The van der Waals surface area contributed by atoms with Gasteiger partial charge >= 0.3 is 0 Å². The predicted molar refractivity (Wildman–Crippen MR) is 80.6 cm³/mol. The lowest BCUT2D eigenvalue weighted by Crippen LogP contribution is -2.23. The summed E-state index contributed by atoms with van der Waals surface area (Å²) in [5.74, 6) is 1.45. The van der Waals surface area contributed by atoms with Crippen molar-refractivity contribution in [2.45, 2.75) is 60.5 Å². The number of rotatable bonds is 7. The van der Waals surface area contributed by atoms with Crippen LogP contribution < -0.4 is 10.1 Å². The van der Waals surface area contributed by atoms with Gasteiger partial charge in [0.2, 0.25) is 5.88 Å². The second-order valence-corrected chi connectivity index (χ2v) is 5.93. The number of nitrogens with one attached hydrogen (secondary N) is 1. The maximum Gasteiger partial charge on any atom is 0.218 e. The van der Waals surface area contributed by atoms with Crippen LogP contribution in [-0.2, 0) is 6.54 Å². The highest BCUT2D eigenvalue weighted by molar-refractivity contribution is 5.35. The Hall–Kier alpha value is -1.09. The summed E-state index contributed by atoms with van der Waals surface area (Å²) in [5, 5.41) is 3.44. The first-order chi connectivity index (χ1) is 8.90. The topological polar surface area (TPSA) is 34.1 Å². The summed E-state index contributed by atoms with van der Waals surface area (Å²) in [4.78, 5) is 4.55. The normalized spacial score (nSPS) is 11.4. The van der Waals surface area contributed by atoms with Gasteiger partial charge in [-0.2, -0.15) is 0 Å². The molecule has 19 heavy (non-hydrogen) atoms. The minimum absolute atomic E-state index is 0.462. The highest BCUT2D eigenvalue weighted by atomic mass is 16.5. The first-order valence-corrected chi connectivity index (χ1v) is 7.23. The predicted octanol–water partition coefficient (Wildman–Crippen LogP) is 3.62. The fourth-order valence-electron chi connectivity index (χ4n) is 1.86. The SMILES string of the molecule is Cc1cc(C)c(CNC(C)C)c(OCCC(C)C)n1. The van der Waals surface area contributed by atoms with E-state index < -0.39 is 0 Å². The van der Waals surface area contributed by atoms with Crippen LogP contribution in [0.25, 0.3) is 0 Å². The van der Waals surface area contributed by atoms with Gasteiger partial charge in [0, 0.05) is 23.8 Å². The average molecular weight is 264 g/mol. The summed E-state index contributed by atoms with van der Waals surface area (Å²) in [6.07, 6.45) is 1.06. The molecule has 1 heterocycles. The largest absolute Gasteiger partial charge is 0.477 e. The molecule has 0 saturated carbocycles. The van der Waals surface area contributed by atoms with Gasteiger partial charge in [0.25, 0.3) is 0 Å². The van der Waals surface area contributed by atoms with Crippen molar-refractivity contribution in [2.75, 3.05) is 6.61 Å². The van der Waals surface area contributed by atoms with Crippen LogP contribution in [0.4, 0.5) is 0 Å². The lowest BCUT2D eigenvalue weighted by atomic mass is 10.1. The Bertz CT molecular complexity index is 400. The Morgan fingerprint density at radius 2 is 1.89 bits per heavy atom. The van der Waals surface area contributed by atoms with Crippen LogP contribution in [0, 0.1) is 19.8 Å². The Labute approximate surface area is 117 Å². The van der Waals surface area contributed by atoms with E-state index in [1.807, 2.05) is 6.92 Å². The number of nitrogens with zero attached hydrogens (tertiary/aromatic N) is 1. The van der Waals surface area contributed by atoms with Gasteiger partial charge in [0.05, 0.1) is 6.61 Å². The maximum absolute atomic E-state index is 5.89. The van der Waals surface area contributed by atoms with Crippen LogP contribution in [0.5, 0.6) is 5.88 Å². The summed E-state index contributed by atoms with van der Waals surface area (Å²) >= 11 is 0. The van der Waals surface area contributed by atoms with E-state index in [0.717, 1.165) is 31.1 Å². The third-order valence-corrected chi connectivity index (χ3v) is 3.06. The summed E-state index contributed by atoms with van der Waals surface area (Å²) < 4.78 is 5.89. The van der Waals surface area contributed by atoms with Gasteiger partial charge in [-0.25, -0.2) is 4.98 Å². The maximum atomic E-state index is 5.89.